The zero-order chi connectivity index (χ0) is 16.3. The van der Waals surface area contributed by atoms with Gasteiger partial charge in [0.15, 0.2) is 0 Å². The Kier molecular flexibility index (Phi) is 9.16. The number of hydrogen-bond acceptors (Lipinski definition) is 5. The Bertz CT molecular complexity index is 346. The van der Waals surface area contributed by atoms with Gasteiger partial charge in [0.25, 0.3) is 0 Å². The third kappa shape index (κ3) is 9.70. The molecule has 122 valence electrons. The second kappa shape index (κ2) is 10.0. The average molecular weight is 302 g/mol. The molecule has 7 nitrogen and oxygen atoms in total. The SMILES string of the molecule is CCCC(C)(COC(=O)NCC=O)COC(=O)NC(C)C. The highest BCUT2D eigenvalue weighted by atomic mass is 16.6. The number of alkyl carbamates (subject to hydrolysis) is 2. The largest absolute Gasteiger partial charge is 0.449 e. The maximum absolute atomic E-state index is 11.5. The molecule has 2 N–H and O–H groups in total. The van der Waals surface area contributed by atoms with E-state index in [9.17, 15) is 14.4 Å². The minimum Gasteiger partial charge on any atom is -0.449 e. The molecule has 0 aliphatic carbocycles. The Morgan fingerprint density at radius 1 is 1.19 bits per heavy atom. The number of amides is 2. The van der Waals surface area contributed by atoms with E-state index in [1.165, 1.54) is 0 Å². The van der Waals surface area contributed by atoms with Gasteiger partial charge in [-0.3, -0.25) is 0 Å². The molecule has 0 rings (SSSR count). The molecular weight excluding hydrogens is 276 g/mol. The summed E-state index contributed by atoms with van der Waals surface area (Å²) in [6.45, 7) is 7.74. The van der Waals surface area contributed by atoms with Gasteiger partial charge in [-0.05, 0) is 20.3 Å². The van der Waals surface area contributed by atoms with Crippen LogP contribution in [0.25, 0.3) is 0 Å². The maximum Gasteiger partial charge on any atom is 0.407 e. The number of aldehydes is 1. The van der Waals surface area contributed by atoms with Crippen molar-refractivity contribution in [3.8, 4) is 0 Å². The van der Waals surface area contributed by atoms with Crippen molar-refractivity contribution in [2.24, 2.45) is 5.41 Å². The highest BCUT2D eigenvalue weighted by Gasteiger charge is 2.27. The summed E-state index contributed by atoms with van der Waals surface area (Å²) >= 11 is 0. The van der Waals surface area contributed by atoms with Crippen molar-refractivity contribution in [2.45, 2.75) is 46.6 Å². The minimum absolute atomic E-state index is 0.000278. The molecule has 0 aromatic rings. The monoisotopic (exact) mass is 302 g/mol. The van der Waals surface area contributed by atoms with E-state index in [1.54, 1.807) is 0 Å². The standard InChI is InChI=1S/C14H26N2O5/c1-5-6-14(4,9-20-12(18)15-7-8-17)10-21-13(19)16-11(2)3/h8,11H,5-7,9-10H2,1-4H3,(H,15,18)(H,16,19). The van der Waals surface area contributed by atoms with Gasteiger partial charge >= 0.3 is 12.2 Å². The molecule has 0 bridgehead atoms. The highest BCUT2D eigenvalue weighted by molar-refractivity contribution is 5.70. The van der Waals surface area contributed by atoms with Crippen LogP contribution in [-0.2, 0) is 14.3 Å². The first-order valence-electron chi connectivity index (χ1n) is 7.10. The number of nitrogens with one attached hydrogen (secondary N) is 2. The molecule has 2 amide bonds. The van der Waals surface area contributed by atoms with Crippen LogP contribution in [0.3, 0.4) is 0 Å². The van der Waals surface area contributed by atoms with Crippen molar-refractivity contribution < 1.29 is 23.9 Å². The Morgan fingerprint density at radius 3 is 2.24 bits per heavy atom. The Hall–Kier alpha value is -1.79. The van der Waals surface area contributed by atoms with Gasteiger partial charge in [-0.25, -0.2) is 9.59 Å². The predicted octanol–water partition coefficient (Wildman–Crippen LogP) is 1.85. The molecule has 0 aliphatic heterocycles. The minimum atomic E-state index is -0.656. The van der Waals surface area contributed by atoms with E-state index < -0.39 is 17.6 Å². The van der Waals surface area contributed by atoms with Crippen molar-refractivity contribution >= 4 is 18.5 Å². The summed E-state index contributed by atoms with van der Waals surface area (Å²) in [5.41, 5.74) is -0.457. The summed E-state index contributed by atoms with van der Waals surface area (Å²) in [7, 11) is 0. The van der Waals surface area contributed by atoms with E-state index in [0.29, 0.717) is 6.29 Å². The van der Waals surface area contributed by atoms with Gasteiger partial charge in [0.1, 0.15) is 19.5 Å². The Morgan fingerprint density at radius 2 is 1.76 bits per heavy atom. The highest BCUT2D eigenvalue weighted by Crippen LogP contribution is 2.24. The fourth-order valence-electron chi connectivity index (χ4n) is 1.72. The maximum atomic E-state index is 11.5. The van der Waals surface area contributed by atoms with E-state index in [2.05, 4.69) is 10.6 Å². The lowest BCUT2D eigenvalue weighted by molar-refractivity contribution is -0.107. The number of carbonyl (C=O) groups is 3. The van der Waals surface area contributed by atoms with Crippen molar-refractivity contribution in [2.75, 3.05) is 19.8 Å². The topological polar surface area (TPSA) is 93.7 Å². The third-order valence-corrected chi connectivity index (χ3v) is 2.69. The van der Waals surface area contributed by atoms with E-state index in [0.717, 1.165) is 12.8 Å². The molecule has 0 aliphatic rings. The Balaban J connectivity index is 4.30. The summed E-state index contributed by atoms with van der Waals surface area (Å²) in [6, 6.07) is 0.000278. The second-order valence-corrected chi connectivity index (χ2v) is 5.56. The van der Waals surface area contributed by atoms with Crippen LogP contribution in [0.4, 0.5) is 9.59 Å². The Labute approximate surface area is 125 Å². The summed E-state index contributed by atoms with van der Waals surface area (Å²) in [4.78, 5) is 33.0. The van der Waals surface area contributed by atoms with Crippen molar-refractivity contribution in [3.05, 3.63) is 0 Å². The fourth-order valence-corrected chi connectivity index (χ4v) is 1.72. The molecule has 0 fully saturated rings. The zero-order valence-corrected chi connectivity index (χ0v) is 13.2. The van der Waals surface area contributed by atoms with E-state index in [4.69, 9.17) is 9.47 Å². The van der Waals surface area contributed by atoms with Gasteiger partial charge in [0.2, 0.25) is 0 Å². The van der Waals surface area contributed by atoms with E-state index >= 15 is 0 Å². The van der Waals surface area contributed by atoms with Gasteiger partial charge < -0.3 is 24.9 Å². The molecule has 0 saturated heterocycles. The first-order chi connectivity index (χ1) is 9.83. The molecule has 7 heteroatoms. The molecule has 0 heterocycles. The summed E-state index contributed by atoms with van der Waals surface area (Å²) in [6.07, 6.45) is 1.04. The quantitative estimate of drug-likeness (QED) is 0.634. The molecule has 0 radical (unpaired) electrons. The summed E-state index contributed by atoms with van der Waals surface area (Å²) in [5, 5.41) is 4.92. The predicted molar refractivity (Wildman–Crippen MR) is 78.0 cm³/mol. The van der Waals surface area contributed by atoms with Crippen LogP contribution in [0.1, 0.15) is 40.5 Å². The lowest BCUT2D eigenvalue weighted by Crippen LogP contribution is -2.37. The summed E-state index contributed by atoms with van der Waals surface area (Å²) in [5.74, 6) is 0. The van der Waals surface area contributed by atoms with Crippen LogP contribution in [0, 0.1) is 5.41 Å². The van der Waals surface area contributed by atoms with Crippen LogP contribution in [0.5, 0.6) is 0 Å². The van der Waals surface area contributed by atoms with Gasteiger partial charge in [-0.15, -0.1) is 0 Å². The first-order valence-corrected chi connectivity index (χ1v) is 7.10. The van der Waals surface area contributed by atoms with Crippen LogP contribution in [0.15, 0.2) is 0 Å². The number of hydrogen-bond donors (Lipinski definition) is 2. The average Bonchev–Trinajstić information content (AvgIpc) is 2.40. The van der Waals surface area contributed by atoms with Gasteiger partial charge in [0, 0.05) is 11.5 Å². The molecular formula is C14H26N2O5. The molecule has 0 spiro atoms. The second-order valence-electron chi connectivity index (χ2n) is 5.56. The lowest BCUT2D eigenvalue weighted by atomic mass is 9.87. The molecule has 0 aromatic carbocycles. The van der Waals surface area contributed by atoms with Gasteiger partial charge in [0.05, 0.1) is 6.54 Å². The van der Waals surface area contributed by atoms with Crippen molar-refractivity contribution in [1.82, 2.24) is 10.6 Å². The van der Waals surface area contributed by atoms with Crippen molar-refractivity contribution in [3.63, 3.8) is 0 Å². The van der Waals surface area contributed by atoms with Crippen molar-refractivity contribution in [1.29, 1.82) is 0 Å². The normalized spacial score (nSPS) is 13.2. The van der Waals surface area contributed by atoms with E-state index in [1.807, 2.05) is 27.7 Å². The van der Waals surface area contributed by atoms with Crippen LogP contribution in [-0.4, -0.2) is 44.3 Å². The van der Waals surface area contributed by atoms with Crippen LogP contribution >= 0.6 is 0 Å². The van der Waals surface area contributed by atoms with Crippen LogP contribution in [0.2, 0.25) is 0 Å². The zero-order valence-electron chi connectivity index (χ0n) is 13.2. The lowest BCUT2D eigenvalue weighted by Gasteiger charge is -2.28. The number of carbonyl (C=O) groups excluding carboxylic acids is 3. The molecule has 1 atom stereocenters. The number of rotatable bonds is 9. The van der Waals surface area contributed by atoms with Crippen LogP contribution < -0.4 is 10.6 Å². The molecule has 0 aromatic heterocycles. The number of ether oxygens (including phenoxy) is 2. The molecule has 0 saturated carbocycles. The van der Waals surface area contributed by atoms with Gasteiger partial charge in [-0.1, -0.05) is 20.3 Å². The molecule has 1 unspecified atom stereocenters. The summed E-state index contributed by atoms with van der Waals surface area (Å²) < 4.78 is 10.2. The first kappa shape index (κ1) is 19.2. The van der Waals surface area contributed by atoms with Gasteiger partial charge in [-0.2, -0.15) is 0 Å². The smallest absolute Gasteiger partial charge is 0.407 e. The third-order valence-electron chi connectivity index (χ3n) is 2.69. The fraction of sp³-hybridized carbons (Fsp3) is 0.786. The van der Waals surface area contributed by atoms with E-state index in [-0.39, 0.29) is 25.8 Å². The molecule has 21 heavy (non-hydrogen) atoms.